The lowest BCUT2D eigenvalue weighted by atomic mass is 9.66. The standard InChI is InChI=1S/C15H19N5S/c16-14-18-15(21-19-14)17-13-11-6-12(13)9-20(8-11)7-10-4-2-1-3-5-10/h1-5,11-13H,6-9H2,(H3,16,17,18,19). The Hall–Kier alpha value is -1.66. The Kier molecular flexibility index (Phi) is 3.27. The number of hydrogen-bond acceptors (Lipinski definition) is 6. The highest BCUT2D eigenvalue weighted by molar-refractivity contribution is 7.09. The Bertz CT molecular complexity index is 602. The summed E-state index contributed by atoms with van der Waals surface area (Å²) in [4.78, 5) is 6.78. The van der Waals surface area contributed by atoms with E-state index in [0.29, 0.717) is 12.0 Å². The highest BCUT2D eigenvalue weighted by atomic mass is 32.1. The molecule has 1 saturated carbocycles. The minimum absolute atomic E-state index is 0.373. The van der Waals surface area contributed by atoms with E-state index in [1.54, 1.807) is 0 Å². The number of piperidine rings is 2. The van der Waals surface area contributed by atoms with Crippen LogP contribution in [0.4, 0.5) is 11.1 Å². The van der Waals surface area contributed by atoms with Gasteiger partial charge < -0.3 is 11.1 Å². The van der Waals surface area contributed by atoms with E-state index in [4.69, 9.17) is 5.73 Å². The number of aromatic nitrogens is 2. The molecule has 0 amide bonds. The fourth-order valence-corrected chi connectivity index (χ4v) is 4.17. The molecule has 110 valence electrons. The first-order valence-electron chi connectivity index (χ1n) is 7.40. The van der Waals surface area contributed by atoms with Crippen molar-refractivity contribution in [2.45, 2.75) is 19.0 Å². The molecular weight excluding hydrogens is 282 g/mol. The van der Waals surface area contributed by atoms with Crippen LogP contribution in [0.15, 0.2) is 30.3 Å². The molecule has 2 aliphatic heterocycles. The first-order valence-corrected chi connectivity index (χ1v) is 8.17. The molecule has 3 fully saturated rings. The van der Waals surface area contributed by atoms with Crippen molar-refractivity contribution in [2.24, 2.45) is 11.8 Å². The van der Waals surface area contributed by atoms with Crippen LogP contribution in [0.25, 0.3) is 0 Å². The number of nitrogen functional groups attached to an aromatic ring is 1. The Morgan fingerprint density at radius 1 is 1.24 bits per heavy atom. The van der Waals surface area contributed by atoms with Crippen LogP contribution in [0.3, 0.4) is 0 Å². The van der Waals surface area contributed by atoms with Crippen molar-refractivity contribution in [1.82, 2.24) is 14.3 Å². The quantitative estimate of drug-likeness (QED) is 0.905. The van der Waals surface area contributed by atoms with Crippen molar-refractivity contribution in [2.75, 3.05) is 24.1 Å². The Morgan fingerprint density at radius 2 is 2.00 bits per heavy atom. The van der Waals surface area contributed by atoms with Crippen molar-refractivity contribution in [3.8, 4) is 0 Å². The third-order valence-corrected chi connectivity index (χ3v) is 5.25. The van der Waals surface area contributed by atoms with Crippen LogP contribution in [-0.2, 0) is 6.54 Å². The zero-order chi connectivity index (χ0) is 14.2. The molecule has 3 heterocycles. The topological polar surface area (TPSA) is 67.1 Å². The van der Waals surface area contributed by atoms with Crippen molar-refractivity contribution in [3.05, 3.63) is 35.9 Å². The van der Waals surface area contributed by atoms with E-state index >= 15 is 0 Å². The smallest absolute Gasteiger partial charge is 0.233 e. The first-order chi connectivity index (χ1) is 10.3. The molecule has 6 heteroatoms. The number of hydrogen-bond donors (Lipinski definition) is 2. The number of nitrogens with zero attached hydrogens (tertiary/aromatic N) is 3. The van der Waals surface area contributed by atoms with Crippen LogP contribution >= 0.6 is 11.5 Å². The van der Waals surface area contributed by atoms with Crippen LogP contribution in [0, 0.1) is 11.8 Å². The number of nitrogens with two attached hydrogens (primary N) is 1. The van der Waals surface area contributed by atoms with Gasteiger partial charge in [-0.15, -0.1) is 0 Å². The average Bonchev–Trinajstić information content (AvgIpc) is 2.91. The molecular formula is C15H19N5S. The van der Waals surface area contributed by atoms with Crippen LogP contribution in [-0.4, -0.2) is 33.4 Å². The maximum atomic E-state index is 5.58. The number of benzene rings is 1. The van der Waals surface area contributed by atoms with Crippen molar-refractivity contribution < 1.29 is 0 Å². The molecule has 2 saturated heterocycles. The molecule has 21 heavy (non-hydrogen) atoms. The van der Waals surface area contributed by atoms with Gasteiger partial charge in [0.15, 0.2) is 0 Å². The molecule has 2 aromatic rings. The Balaban J connectivity index is 1.35. The van der Waals surface area contributed by atoms with Gasteiger partial charge in [-0.2, -0.15) is 9.36 Å². The molecule has 5 rings (SSSR count). The summed E-state index contributed by atoms with van der Waals surface area (Å²) in [7, 11) is 0. The van der Waals surface area contributed by atoms with Crippen molar-refractivity contribution in [1.29, 1.82) is 0 Å². The summed E-state index contributed by atoms with van der Waals surface area (Å²) in [5, 5.41) is 4.39. The van der Waals surface area contributed by atoms with Gasteiger partial charge in [-0.05, 0) is 23.8 Å². The summed E-state index contributed by atoms with van der Waals surface area (Å²) in [5.74, 6) is 1.81. The summed E-state index contributed by atoms with van der Waals surface area (Å²) in [6.07, 6.45) is 1.33. The van der Waals surface area contributed by atoms with Crippen LogP contribution in [0.1, 0.15) is 12.0 Å². The Labute approximate surface area is 128 Å². The zero-order valence-electron chi connectivity index (χ0n) is 11.8. The normalized spacial score (nSPS) is 28.1. The molecule has 2 unspecified atom stereocenters. The van der Waals surface area contributed by atoms with Gasteiger partial charge in [-0.1, -0.05) is 30.3 Å². The van der Waals surface area contributed by atoms with Crippen molar-refractivity contribution >= 4 is 22.6 Å². The molecule has 1 aromatic heterocycles. The van der Waals surface area contributed by atoms with Gasteiger partial charge in [0.2, 0.25) is 11.1 Å². The molecule has 0 radical (unpaired) electrons. The number of rotatable bonds is 4. The molecule has 5 nitrogen and oxygen atoms in total. The van der Waals surface area contributed by atoms with Crippen molar-refractivity contribution in [3.63, 3.8) is 0 Å². The van der Waals surface area contributed by atoms with E-state index in [1.165, 1.54) is 23.5 Å². The summed E-state index contributed by atoms with van der Waals surface area (Å²) in [5.41, 5.74) is 6.98. The molecule has 3 N–H and O–H groups in total. The SMILES string of the molecule is Nc1nsc(NC2C3CC2CN(Cc2ccccc2)C3)n1. The number of nitrogens with one attached hydrogen (secondary N) is 1. The van der Waals surface area contributed by atoms with E-state index in [-0.39, 0.29) is 0 Å². The maximum absolute atomic E-state index is 5.58. The van der Waals surface area contributed by atoms with Crippen LogP contribution in [0.5, 0.6) is 0 Å². The van der Waals surface area contributed by atoms with E-state index in [2.05, 4.69) is 49.9 Å². The van der Waals surface area contributed by atoms with Gasteiger partial charge in [0.05, 0.1) is 0 Å². The van der Waals surface area contributed by atoms with E-state index in [1.807, 2.05) is 0 Å². The largest absolute Gasteiger partial charge is 0.367 e. The third-order valence-electron chi connectivity index (χ3n) is 4.59. The average molecular weight is 301 g/mol. The van der Waals surface area contributed by atoms with E-state index < -0.39 is 0 Å². The van der Waals surface area contributed by atoms with Gasteiger partial charge in [0, 0.05) is 37.2 Å². The first kappa shape index (κ1) is 13.0. The van der Waals surface area contributed by atoms with Gasteiger partial charge in [-0.3, -0.25) is 4.90 Å². The van der Waals surface area contributed by atoms with Gasteiger partial charge in [0.25, 0.3) is 0 Å². The molecule has 3 aliphatic rings. The number of anilines is 2. The van der Waals surface area contributed by atoms with Crippen LogP contribution < -0.4 is 11.1 Å². The second-order valence-corrected chi connectivity index (χ2v) is 6.82. The predicted octanol–water partition coefficient (Wildman–Crippen LogP) is 2.05. The van der Waals surface area contributed by atoms with E-state index in [9.17, 15) is 0 Å². The molecule has 2 atom stereocenters. The third kappa shape index (κ3) is 2.61. The van der Waals surface area contributed by atoms with E-state index in [0.717, 1.165) is 36.6 Å². The summed E-state index contributed by atoms with van der Waals surface area (Å²) < 4.78 is 4.03. The molecule has 1 aromatic carbocycles. The lowest BCUT2D eigenvalue weighted by Gasteiger charge is -2.53. The van der Waals surface area contributed by atoms with Gasteiger partial charge in [-0.25, -0.2) is 0 Å². The monoisotopic (exact) mass is 301 g/mol. The summed E-state index contributed by atoms with van der Waals surface area (Å²) in [6, 6.07) is 11.3. The second kappa shape index (κ2) is 5.27. The molecule has 1 aliphatic carbocycles. The molecule has 2 bridgehead atoms. The zero-order valence-corrected chi connectivity index (χ0v) is 12.6. The summed E-state index contributed by atoms with van der Waals surface area (Å²) >= 11 is 1.36. The number of fused-ring (bicyclic) bond motifs is 2. The second-order valence-electron chi connectivity index (χ2n) is 6.06. The van der Waals surface area contributed by atoms with Crippen LogP contribution in [0.2, 0.25) is 0 Å². The maximum Gasteiger partial charge on any atom is 0.233 e. The highest BCUT2D eigenvalue weighted by Crippen LogP contribution is 2.42. The Morgan fingerprint density at radius 3 is 2.67 bits per heavy atom. The highest BCUT2D eigenvalue weighted by Gasteiger charge is 2.46. The molecule has 0 spiro atoms. The summed E-state index contributed by atoms with van der Waals surface area (Å²) in [6.45, 7) is 3.39. The fourth-order valence-electron chi connectivity index (χ4n) is 3.63. The lowest BCUT2D eigenvalue weighted by molar-refractivity contribution is 0.00751. The lowest BCUT2D eigenvalue weighted by Crippen LogP contribution is -2.60. The minimum atomic E-state index is 0.373. The fraction of sp³-hybridized carbons (Fsp3) is 0.467. The minimum Gasteiger partial charge on any atom is -0.367 e. The van der Waals surface area contributed by atoms with Gasteiger partial charge in [0.1, 0.15) is 0 Å². The predicted molar refractivity (Wildman–Crippen MR) is 85.0 cm³/mol. The van der Waals surface area contributed by atoms with Gasteiger partial charge >= 0.3 is 0 Å².